The molecule has 3 rings (SSSR count). The highest BCUT2D eigenvalue weighted by Crippen LogP contribution is 2.24. The van der Waals surface area contributed by atoms with Gasteiger partial charge in [-0.15, -0.1) is 24.5 Å². The Morgan fingerprint density at radius 1 is 1.00 bits per heavy atom. The summed E-state index contributed by atoms with van der Waals surface area (Å²) < 4.78 is 40.4. The van der Waals surface area contributed by atoms with Crippen molar-refractivity contribution < 1.29 is 32.3 Å². The molecule has 2 amide bonds. The molecule has 0 bridgehead atoms. The third-order valence-electron chi connectivity index (χ3n) is 4.83. The van der Waals surface area contributed by atoms with E-state index in [-0.39, 0.29) is 42.7 Å². The molecule has 32 heavy (non-hydrogen) atoms. The molecule has 11 heteroatoms. The van der Waals surface area contributed by atoms with Gasteiger partial charge in [-0.2, -0.15) is 0 Å². The summed E-state index contributed by atoms with van der Waals surface area (Å²) in [4.78, 5) is 40.8. The minimum absolute atomic E-state index is 0.0401. The number of benzene rings is 1. The van der Waals surface area contributed by atoms with E-state index in [1.807, 2.05) is 10.3 Å². The highest BCUT2D eigenvalue weighted by atomic mass is 32.1. The first kappa shape index (κ1) is 23.7. The maximum atomic E-state index is 12.4. The molecule has 2 heterocycles. The lowest BCUT2D eigenvalue weighted by Crippen LogP contribution is -2.50. The zero-order valence-electron chi connectivity index (χ0n) is 17.1. The molecule has 1 aliphatic rings. The molecule has 0 aliphatic carbocycles. The van der Waals surface area contributed by atoms with Crippen molar-refractivity contribution in [3.8, 4) is 5.75 Å². The van der Waals surface area contributed by atoms with E-state index in [2.05, 4.69) is 10.1 Å². The summed E-state index contributed by atoms with van der Waals surface area (Å²) in [6.45, 7) is 2.04. The fraction of sp³-hybridized carbons (Fsp3) is 0.381. The van der Waals surface area contributed by atoms with Gasteiger partial charge in [0.05, 0.1) is 11.4 Å². The van der Waals surface area contributed by atoms with E-state index < -0.39 is 6.36 Å². The molecule has 0 saturated carbocycles. The Morgan fingerprint density at radius 3 is 2.28 bits per heavy atom. The molecule has 172 valence electrons. The Bertz CT molecular complexity index is 925. The Balaban J connectivity index is 1.37. The SMILES string of the molecule is O=C(CN1CCN(C(=O)CCC(=O)c2cccs2)CC1)Nc1ccc(OC(F)(F)F)cc1. The normalized spacial score (nSPS) is 14.8. The van der Waals surface area contributed by atoms with Gasteiger partial charge in [0.1, 0.15) is 5.75 Å². The number of amides is 2. The summed E-state index contributed by atoms with van der Waals surface area (Å²) in [6, 6.07) is 8.44. The van der Waals surface area contributed by atoms with Gasteiger partial charge in [0, 0.05) is 44.7 Å². The minimum Gasteiger partial charge on any atom is -0.406 e. The van der Waals surface area contributed by atoms with E-state index in [0.29, 0.717) is 36.7 Å². The molecule has 1 aromatic carbocycles. The van der Waals surface area contributed by atoms with Crippen molar-refractivity contribution in [3.05, 3.63) is 46.7 Å². The number of halogens is 3. The molecule has 1 aromatic heterocycles. The number of hydrogen-bond acceptors (Lipinski definition) is 6. The number of anilines is 1. The lowest BCUT2D eigenvalue weighted by molar-refractivity contribution is -0.274. The van der Waals surface area contributed by atoms with Crippen LogP contribution in [-0.4, -0.2) is 66.5 Å². The van der Waals surface area contributed by atoms with Crippen LogP contribution in [0.2, 0.25) is 0 Å². The molecule has 0 radical (unpaired) electrons. The summed E-state index contributed by atoms with van der Waals surface area (Å²) in [5, 5.41) is 4.45. The van der Waals surface area contributed by atoms with E-state index in [1.54, 1.807) is 17.0 Å². The number of ketones is 1. The summed E-state index contributed by atoms with van der Waals surface area (Å²) in [5.74, 6) is -0.800. The molecule has 0 spiro atoms. The van der Waals surface area contributed by atoms with Crippen LogP contribution in [0.3, 0.4) is 0 Å². The number of alkyl halides is 3. The molecule has 1 N–H and O–H groups in total. The summed E-state index contributed by atoms with van der Waals surface area (Å²) in [6.07, 6.45) is -4.44. The van der Waals surface area contributed by atoms with E-state index in [1.165, 1.54) is 23.5 Å². The third-order valence-corrected chi connectivity index (χ3v) is 5.74. The van der Waals surface area contributed by atoms with Crippen LogP contribution in [0.5, 0.6) is 5.75 Å². The van der Waals surface area contributed by atoms with Gasteiger partial charge in [0.2, 0.25) is 11.8 Å². The molecule has 7 nitrogen and oxygen atoms in total. The van der Waals surface area contributed by atoms with Crippen LogP contribution >= 0.6 is 11.3 Å². The number of carbonyl (C=O) groups excluding carboxylic acids is 3. The quantitative estimate of drug-likeness (QED) is 0.600. The average molecular weight is 469 g/mol. The lowest BCUT2D eigenvalue weighted by atomic mass is 10.1. The fourth-order valence-electron chi connectivity index (χ4n) is 3.24. The van der Waals surface area contributed by atoms with Gasteiger partial charge in [-0.05, 0) is 35.7 Å². The van der Waals surface area contributed by atoms with Gasteiger partial charge in [0.25, 0.3) is 0 Å². The van der Waals surface area contributed by atoms with Crippen LogP contribution < -0.4 is 10.1 Å². The van der Waals surface area contributed by atoms with E-state index in [4.69, 9.17) is 0 Å². The van der Waals surface area contributed by atoms with Crippen LogP contribution in [0.25, 0.3) is 0 Å². The second kappa shape index (κ2) is 10.6. The first-order valence-electron chi connectivity index (χ1n) is 9.92. The molecule has 0 atom stereocenters. The maximum Gasteiger partial charge on any atom is 0.573 e. The molecule has 1 saturated heterocycles. The predicted octanol–water partition coefficient (Wildman–Crippen LogP) is 3.39. The van der Waals surface area contributed by atoms with Crippen molar-refractivity contribution in [2.24, 2.45) is 0 Å². The number of rotatable bonds is 8. The Labute approximate surface area is 186 Å². The lowest BCUT2D eigenvalue weighted by Gasteiger charge is -2.34. The van der Waals surface area contributed by atoms with E-state index in [0.717, 1.165) is 12.1 Å². The highest BCUT2D eigenvalue weighted by molar-refractivity contribution is 7.12. The van der Waals surface area contributed by atoms with Crippen LogP contribution in [0, 0.1) is 0 Å². The second-order valence-electron chi connectivity index (χ2n) is 7.18. The van der Waals surface area contributed by atoms with E-state index >= 15 is 0 Å². The first-order valence-corrected chi connectivity index (χ1v) is 10.8. The smallest absolute Gasteiger partial charge is 0.406 e. The second-order valence-corrected chi connectivity index (χ2v) is 8.13. The number of nitrogens with zero attached hydrogens (tertiary/aromatic N) is 2. The van der Waals surface area contributed by atoms with Crippen molar-refractivity contribution in [2.75, 3.05) is 38.0 Å². The van der Waals surface area contributed by atoms with Crippen molar-refractivity contribution in [1.29, 1.82) is 0 Å². The van der Waals surface area contributed by atoms with Gasteiger partial charge in [-0.1, -0.05) is 6.07 Å². The topological polar surface area (TPSA) is 79.0 Å². The first-order chi connectivity index (χ1) is 15.2. The predicted molar refractivity (Wildman–Crippen MR) is 113 cm³/mol. The number of hydrogen-bond donors (Lipinski definition) is 1. The monoisotopic (exact) mass is 469 g/mol. The van der Waals surface area contributed by atoms with Gasteiger partial charge >= 0.3 is 6.36 Å². The van der Waals surface area contributed by atoms with Crippen LogP contribution in [0.15, 0.2) is 41.8 Å². The van der Waals surface area contributed by atoms with Crippen LogP contribution in [0.4, 0.5) is 18.9 Å². The average Bonchev–Trinajstić information content (AvgIpc) is 3.28. The molecule has 2 aromatic rings. The van der Waals surface area contributed by atoms with Crippen LogP contribution in [-0.2, 0) is 9.59 Å². The van der Waals surface area contributed by atoms with Crippen molar-refractivity contribution >= 4 is 34.6 Å². The zero-order chi connectivity index (χ0) is 23.1. The van der Waals surface area contributed by atoms with Gasteiger partial charge in [0.15, 0.2) is 5.78 Å². The number of thiophene rings is 1. The zero-order valence-corrected chi connectivity index (χ0v) is 17.9. The fourth-order valence-corrected chi connectivity index (χ4v) is 3.93. The number of Topliss-reactive ketones (excluding diaryl/α,β-unsaturated/α-hetero) is 1. The minimum atomic E-state index is -4.77. The van der Waals surface area contributed by atoms with Gasteiger partial charge < -0.3 is 15.0 Å². The van der Waals surface area contributed by atoms with Crippen molar-refractivity contribution in [2.45, 2.75) is 19.2 Å². The van der Waals surface area contributed by atoms with Crippen molar-refractivity contribution in [3.63, 3.8) is 0 Å². The Morgan fingerprint density at radius 2 is 1.69 bits per heavy atom. The Hall–Kier alpha value is -2.92. The molecule has 1 aliphatic heterocycles. The number of ether oxygens (including phenoxy) is 1. The van der Waals surface area contributed by atoms with Gasteiger partial charge in [-0.3, -0.25) is 19.3 Å². The highest BCUT2D eigenvalue weighted by Gasteiger charge is 2.31. The number of piperazine rings is 1. The number of carbonyl (C=O) groups is 3. The molecule has 1 fully saturated rings. The molecule has 0 unspecified atom stereocenters. The summed E-state index contributed by atoms with van der Waals surface area (Å²) in [7, 11) is 0. The van der Waals surface area contributed by atoms with Crippen molar-refractivity contribution in [1.82, 2.24) is 9.80 Å². The largest absolute Gasteiger partial charge is 0.573 e. The summed E-state index contributed by atoms with van der Waals surface area (Å²) in [5.41, 5.74) is 0.355. The summed E-state index contributed by atoms with van der Waals surface area (Å²) >= 11 is 1.36. The Kier molecular flexibility index (Phi) is 7.86. The molecular formula is C21H22F3N3O4S. The maximum absolute atomic E-state index is 12.4. The number of nitrogens with one attached hydrogen (secondary N) is 1. The van der Waals surface area contributed by atoms with Gasteiger partial charge in [-0.25, -0.2) is 0 Å². The molecular weight excluding hydrogens is 447 g/mol. The van der Waals surface area contributed by atoms with Crippen LogP contribution in [0.1, 0.15) is 22.5 Å². The third kappa shape index (κ3) is 7.34. The standard InChI is InChI=1S/C21H22F3N3O4S/c22-21(23,24)31-16-5-3-15(4-6-16)25-19(29)14-26-9-11-27(12-10-26)20(30)8-7-17(28)18-2-1-13-32-18/h1-6,13H,7-12,14H2,(H,25,29). The van der Waals surface area contributed by atoms with E-state index in [9.17, 15) is 27.6 Å².